The average Bonchev–Trinajstić information content (AvgIpc) is 2.76. The van der Waals surface area contributed by atoms with E-state index in [2.05, 4.69) is 9.97 Å². The largest absolute Gasteiger partial charge is 0.354 e. The lowest BCUT2D eigenvalue weighted by atomic mass is 10.1. The first-order chi connectivity index (χ1) is 14.3. The highest BCUT2D eigenvalue weighted by molar-refractivity contribution is 7.89. The summed E-state index contributed by atoms with van der Waals surface area (Å²) in [7, 11) is -3.53. The number of aryl methyl sites for hydroxylation is 2. The fraction of sp³-hybridized carbons (Fsp3) is 0.273. The fourth-order valence-corrected chi connectivity index (χ4v) is 5.01. The molecule has 1 saturated heterocycles. The second kappa shape index (κ2) is 8.12. The Kier molecular flexibility index (Phi) is 5.53. The lowest BCUT2D eigenvalue weighted by Gasteiger charge is -2.34. The summed E-state index contributed by atoms with van der Waals surface area (Å²) < 4.78 is 41.1. The third-order valence-corrected chi connectivity index (χ3v) is 7.35. The van der Waals surface area contributed by atoms with Gasteiger partial charge in [-0.2, -0.15) is 4.31 Å². The van der Waals surface area contributed by atoms with Crippen molar-refractivity contribution in [1.82, 2.24) is 14.3 Å². The van der Waals surface area contributed by atoms with Crippen LogP contribution in [0.2, 0.25) is 0 Å². The van der Waals surface area contributed by atoms with Crippen molar-refractivity contribution in [1.29, 1.82) is 0 Å². The molecule has 2 heterocycles. The van der Waals surface area contributed by atoms with Crippen LogP contribution in [0.15, 0.2) is 59.8 Å². The molecule has 2 aromatic carbocycles. The van der Waals surface area contributed by atoms with Crippen LogP contribution in [0.4, 0.5) is 10.2 Å². The zero-order valence-electron chi connectivity index (χ0n) is 16.9. The molecular formula is C22H23FN4O2S. The molecule has 4 rings (SSSR count). The number of piperazine rings is 1. The van der Waals surface area contributed by atoms with Gasteiger partial charge in [0.15, 0.2) is 0 Å². The quantitative estimate of drug-likeness (QED) is 0.640. The van der Waals surface area contributed by atoms with Crippen molar-refractivity contribution in [3.05, 3.63) is 71.8 Å². The van der Waals surface area contributed by atoms with E-state index < -0.39 is 10.0 Å². The molecule has 1 fully saturated rings. The van der Waals surface area contributed by atoms with E-state index >= 15 is 0 Å². The molecule has 0 bridgehead atoms. The fourth-order valence-electron chi connectivity index (χ4n) is 3.51. The van der Waals surface area contributed by atoms with Gasteiger partial charge in [0.1, 0.15) is 18.0 Å². The molecule has 0 atom stereocenters. The van der Waals surface area contributed by atoms with Gasteiger partial charge >= 0.3 is 0 Å². The molecule has 0 N–H and O–H groups in total. The Balaban J connectivity index is 1.49. The molecule has 1 aromatic heterocycles. The summed E-state index contributed by atoms with van der Waals surface area (Å²) in [4.78, 5) is 10.9. The summed E-state index contributed by atoms with van der Waals surface area (Å²) in [6, 6.07) is 13.3. The van der Waals surface area contributed by atoms with Gasteiger partial charge in [0, 0.05) is 37.8 Å². The maximum absolute atomic E-state index is 13.5. The van der Waals surface area contributed by atoms with E-state index in [1.54, 1.807) is 24.3 Å². The molecule has 0 amide bonds. The van der Waals surface area contributed by atoms with Crippen LogP contribution in [0.1, 0.15) is 11.1 Å². The first-order valence-corrected chi connectivity index (χ1v) is 11.2. The van der Waals surface area contributed by atoms with Crippen LogP contribution >= 0.6 is 0 Å². The molecular weight excluding hydrogens is 403 g/mol. The van der Waals surface area contributed by atoms with Gasteiger partial charge in [-0.1, -0.05) is 18.2 Å². The molecule has 1 aliphatic heterocycles. The van der Waals surface area contributed by atoms with Crippen LogP contribution < -0.4 is 4.90 Å². The van der Waals surface area contributed by atoms with E-state index in [4.69, 9.17) is 0 Å². The van der Waals surface area contributed by atoms with Gasteiger partial charge in [0.05, 0.1) is 10.6 Å². The number of benzene rings is 2. The highest BCUT2D eigenvalue weighted by atomic mass is 32.2. The molecule has 30 heavy (non-hydrogen) atoms. The second-order valence-electron chi connectivity index (χ2n) is 7.41. The third-order valence-electron chi connectivity index (χ3n) is 5.45. The van der Waals surface area contributed by atoms with Crippen LogP contribution in [-0.2, 0) is 10.0 Å². The molecule has 6 nitrogen and oxygen atoms in total. The summed E-state index contributed by atoms with van der Waals surface area (Å²) >= 11 is 0. The van der Waals surface area contributed by atoms with Gasteiger partial charge < -0.3 is 4.90 Å². The number of anilines is 1. The van der Waals surface area contributed by atoms with Crippen LogP contribution in [0.5, 0.6) is 0 Å². The first kappa shape index (κ1) is 20.4. The van der Waals surface area contributed by atoms with Crippen molar-refractivity contribution >= 4 is 15.8 Å². The Hall–Kier alpha value is -2.84. The Bertz CT molecular complexity index is 1180. The molecule has 0 unspecified atom stereocenters. The number of halogens is 1. The molecule has 1 aliphatic rings. The topological polar surface area (TPSA) is 66.4 Å². The number of hydrogen-bond acceptors (Lipinski definition) is 5. The van der Waals surface area contributed by atoms with Gasteiger partial charge in [-0.15, -0.1) is 0 Å². The Morgan fingerprint density at radius 3 is 2.37 bits per heavy atom. The van der Waals surface area contributed by atoms with E-state index in [9.17, 15) is 12.8 Å². The van der Waals surface area contributed by atoms with E-state index in [0.29, 0.717) is 48.1 Å². The van der Waals surface area contributed by atoms with Crippen LogP contribution in [0, 0.1) is 19.7 Å². The molecule has 8 heteroatoms. The van der Waals surface area contributed by atoms with E-state index in [-0.39, 0.29) is 5.82 Å². The van der Waals surface area contributed by atoms with Crippen LogP contribution in [-0.4, -0.2) is 48.9 Å². The molecule has 0 aliphatic carbocycles. The van der Waals surface area contributed by atoms with E-state index in [1.807, 2.05) is 30.9 Å². The predicted octanol–water partition coefficient (Wildman–Crippen LogP) is 3.41. The summed E-state index contributed by atoms with van der Waals surface area (Å²) in [6.07, 6.45) is 1.45. The van der Waals surface area contributed by atoms with Gasteiger partial charge in [0.2, 0.25) is 10.0 Å². The van der Waals surface area contributed by atoms with Crippen molar-refractivity contribution in [2.24, 2.45) is 0 Å². The van der Waals surface area contributed by atoms with Crippen molar-refractivity contribution in [3.8, 4) is 11.3 Å². The van der Waals surface area contributed by atoms with Gasteiger partial charge in [0.25, 0.3) is 0 Å². The minimum atomic E-state index is -3.53. The van der Waals surface area contributed by atoms with Gasteiger partial charge in [-0.05, 0) is 49.2 Å². The van der Waals surface area contributed by atoms with E-state index in [0.717, 1.165) is 11.1 Å². The summed E-state index contributed by atoms with van der Waals surface area (Å²) in [5, 5.41) is 0. The maximum atomic E-state index is 13.5. The number of nitrogens with zero attached hydrogens (tertiary/aromatic N) is 4. The number of sulfonamides is 1. The van der Waals surface area contributed by atoms with Gasteiger partial charge in [-0.25, -0.2) is 22.8 Å². The predicted molar refractivity (Wildman–Crippen MR) is 114 cm³/mol. The van der Waals surface area contributed by atoms with Crippen molar-refractivity contribution in [2.75, 3.05) is 31.1 Å². The lowest BCUT2D eigenvalue weighted by molar-refractivity contribution is 0.383. The number of rotatable bonds is 4. The summed E-state index contributed by atoms with van der Waals surface area (Å²) in [6.45, 7) is 5.65. The Morgan fingerprint density at radius 1 is 0.900 bits per heavy atom. The van der Waals surface area contributed by atoms with Gasteiger partial charge in [-0.3, -0.25) is 0 Å². The normalized spacial score (nSPS) is 15.4. The number of hydrogen-bond donors (Lipinski definition) is 0. The lowest BCUT2D eigenvalue weighted by Crippen LogP contribution is -2.48. The maximum Gasteiger partial charge on any atom is 0.243 e. The summed E-state index contributed by atoms with van der Waals surface area (Å²) in [5.74, 6) is 0.380. The Morgan fingerprint density at radius 2 is 1.67 bits per heavy atom. The molecule has 3 aromatic rings. The summed E-state index contributed by atoms with van der Waals surface area (Å²) in [5.41, 5.74) is 3.33. The monoisotopic (exact) mass is 426 g/mol. The van der Waals surface area contributed by atoms with Crippen molar-refractivity contribution in [2.45, 2.75) is 18.7 Å². The highest BCUT2D eigenvalue weighted by Gasteiger charge is 2.29. The molecule has 0 spiro atoms. The van der Waals surface area contributed by atoms with Crippen LogP contribution in [0.3, 0.4) is 0 Å². The first-order valence-electron chi connectivity index (χ1n) is 9.75. The number of aromatic nitrogens is 2. The van der Waals surface area contributed by atoms with Crippen LogP contribution in [0.25, 0.3) is 11.3 Å². The standard InChI is InChI=1S/C22H23FN4O2S/c1-16-6-7-20(12-17(16)2)30(28,29)27-10-8-26(9-11-27)22-14-21(24-15-25-22)18-4-3-5-19(23)13-18/h3-7,12-15H,8-11H2,1-2H3. The second-order valence-corrected chi connectivity index (χ2v) is 9.35. The zero-order valence-corrected chi connectivity index (χ0v) is 17.7. The molecule has 0 saturated carbocycles. The van der Waals surface area contributed by atoms with E-state index in [1.165, 1.54) is 22.8 Å². The molecule has 156 valence electrons. The molecule has 0 radical (unpaired) electrons. The van der Waals surface area contributed by atoms with Crippen molar-refractivity contribution < 1.29 is 12.8 Å². The minimum Gasteiger partial charge on any atom is -0.354 e. The third kappa shape index (κ3) is 4.06. The Labute approximate surface area is 176 Å². The minimum absolute atomic E-state index is 0.321. The average molecular weight is 427 g/mol. The highest BCUT2D eigenvalue weighted by Crippen LogP contribution is 2.24. The zero-order chi connectivity index (χ0) is 21.3. The SMILES string of the molecule is Cc1ccc(S(=O)(=O)N2CCN(c3cc(-c4cccc(F)c4)ncn3)CC2)cc1C. The van der Waals surface area contributed by atoms with Crippen molar-refractivity contribution in [3.63, 3.8) is 0 Å². The smallest absolute Gasteiger partial charge is 0.243 e.